The Morgan fingerprint density at radius 2 is 1.45 bits per heavy atom. The van der Waals surface area contributed by atoms with Crippen molar-refractivity contribution >= 4 is 46.6 Å². The number of carbonyl (C=O) groups is 1. The number of carboxylic acids is 1. The first-order chi connectivity index (χ1) is 20.7. The second-order valence-corrected chi connectivity index (χ2v) is 9.95. The molecule has 0 fully saturated rings. The van der Waals surface area contributed by atoms with E-state index in [9.17, 15) is 35.9 Å². The second kappa shape index (κ2) is 19.7. The minimum atomic E-state index is -4.45. The number of nitrogens with one attached hydrogen (secondary N) is 1. The largest absolute Gasteiger partial charge is 0.476 e. The number of isocyanates is 1. The molecule has 0 spiro atoms. The van der Waals surface area contributed by atoms with Crippen LogP contribution in [0, 0.1) is 0 Å². The minimum Gasteiger partial charge on any atom is -0.476 e. The summed E-state index contributed by atoms with van der Waals surface area (Å²) in [6.07, 6.45) is 4.35. The summed E-state index contributed by atoms with van der Waals surface area (Å²) < 4.78 is 78.3. The summed E-state index contributed by atoms with van der Waals surface area (Å²) in [6, 6.07) is 5.94. The highest BCUT2D eigenvalue weighted by Crippen LogP contribution is 2.35. The Morgan fingerprint density at radius 1 is 0.909 bits per heavy atom. The fraction of sp³-hybridized carbons (Fsp3) is 0.414. The number of anilines is 1. The van der Waals surface area contributed by atoms with Gasteiger partial charge in [-0.2, -0.15) is 31.3 Å². The summed E-state index contributed by atoms with van der Waals surface area (Å²) in [5.74, 6) is -1.07. The third-order valence-corrected chi connectivity index (χ3v) is 6.35. The van der Waals surface area contributed by atoms with E-state index in [-0.39, 0.29) is 21.4 Å². The molecule has 2 aromatic carbocycles. The Kier molecular flexibility index (Phi) is 17.2. The number of halogens is 8. The predicted molar refractivity (Wildman–Crippen MR) is 155 cm³/mol. The average Bonchev–Trinajstić information content (AvgIpc) is 3.50. The van der Waals surface area contributed by atoms with Crippen molar-refractivity contribution in [2.24, 2.45) is 4.99 Å². The zero-order valence-electron chi connectivity index (χ0n) is 23.6. The van der Waals surface area contributed by atoms with Crippen LogP contribution in [0.4, 0.5) is 37.7 Å². The lowest BCUT2D eigenvalue weighted by atomic mass is 10.1. The molecule has 0 aliphatic heterocycles. The maximum Gasteiger partial charge on any atom is 0.416 e. The van der Waals surface area contributed by atoms with Crippen molar-refractivity contribution in [3.63, 3.8) is 0 Å². The van der Waals surface area contributed by atoms with Crippen LogP contribution < -0.4 is 5.32 Å². The summed E-state index contributed by atoms with van der Waals surface area (Å²) in [5, 5.41) is 11.1. The van der Waals surface area contributed by atoms with Gasteiger partial charge in [0.05, 0.1) is 32.5 Å². The van der Waals surface area contributed by atoms with Crippen LogP contribution in [-0.4, -0.2) is 28.7 Å². The van der Waals surface area contributed by atoms with Gasteiger partial charge in [-0.15, -0.1) is 0 Å². The molecule has 0 aliphatic carbocycles. The molecule has 0 saturated heterocycles. The van der Waals surface area contributed by atoms with Gasteiger partial charge in [-0.05, 0) is 42.8 Å². The van der Waals surface area contributed by atoms with Crippen LogP contribution in [0.5, 0.6) is 0 Å². The van der Waals surface area contributed by atoms with E-state index >= 15 is 0 Å². The lowest BCUT2D eigenvalue weighted by molar-refractivity contribution is -0.138. The van der Waals surface area contributed by atoms with Crippen LogP contribution in [0.25, 0.3) is 0 Å². The first kappa shape index (κ1) is 38.5. The van der Waals surface area contributed by atoms with Gasteiger partial charge in [0.15, 0.2) is 12.1 Å². The normalized spacial score (nSPS) is 10.9. The molecule has 44 heavy (non-hydrogen) atoms. The Hall–Kier alpha value is -3.54. The molecule has 0 radical (unpaired) electrons. The molecular formula is C29H31Cl2F6N3O4. The standard InChI is InChI=1S/C17H25ClF3N.C8H3ClF3NO.C4H3NO3/c1-2-3-4-5-6-7-8-9-12-22-16-11-10-14(13-15(16)18)17(19,20)21;9-6-3-5(8(10,11)12)1-2-7(6)13-4-14;6-4(7)3-1-8-2-5-3/h10-11,13,22H,2-9,12H2,1H3;1-3H;1-2H,(H,6,7). The summed E-state index contributed by atoms with van der Waals surface area (Å²) in [7, 11) is 0. The van der Waals surface area contributed by atoms with Gasteiger partial charge >= 0.3 is 18.3 Å². The quantitative estimate of drug-likeness (QED) is 0.0860. The third-order valence-electron chi connectivity index (χ3n) is 5.73. The highest BCUT2D eigenvalue weighted by Gasteiger charge is 2.31. The zero-order valence-corrected chi connectivity index (χ0v) is 25.1. The van der Waals surface area contributed by atoms with Crippen LogP contribution >= 0.6 is 23.2 Å². The van der Waals surface area contributed by atoms with E-state index in [1.165, 1.54) is 50.7 Å². The van der Waals surface area contributed by atoms with Gasteiger partial charge < -0.3 is 14.8 Å². The van der Waals surface area contributed by atoms with Crippen molar-refractivity contribution in [3.05, 3.63) is 75.9 Å². The maximum atomic E-state index is 12.5. The van der Waals surface area contributed by atoms with E-state index in [1.54, 1.807) is 0 Å². The second-order valence-electron chi connectivity index (χ2n) is 9.14. The number of aromatic carboxylic acids is 1. The average molecular weight is 670 g/mol. The molecule has 0 bridgehead atoms. The Labute approximate surface area is 260 Å². The van der Waals surface area contributed by atoms with Crippen LogP contribution in [-0.2, 0) is 17.1 Å². The minimum absolute atomic E-state index is 0.0327. The number of hydrogen-bond donors (Lipinski definition) is 2. The number of aromatic nitrogens is 1. The molecule has 242 valence electrons. The molecule has 3 aromatic rings. The third kappa shape index (κ3) is 15.3. The SMILES string of the molecule is CCCCCCCCCCNc1ccc(C(F)(F)F)cc1Cl.O=C(O)c1cocn1.O=C=Nc1ccc(C(F)(F)F)cc1Cl. The van der Waals surface area contributed by atoms with Gasteiger partial charge in [0, 0.05) is 6.54 Å². The van der Waals surface area contributed by atoms with Gasteiger partial charge in [0.2, 0.25) is 6.08 Å². The summed E-state index contributed by atoms with van der Waals surface area (Å²) in [6.45, 7) is 2.94. The van der Waals surface area contributed by atoms with E-state index in [1.807, 2.05) is 0 Å². The first-order valence-electron chi connectivity index (χ1n) is 13.4. The lowest BCUT2D eigenvalue weighted by Crippen LogP contribution is -2.06. The van der Waals surface area contributed by atoms with Crippen LogP contribution in [0.1, 0.15) is 79.9 Å². The van der Waals surface area contributed by atoms with Gasteiger partial charge in [0.25, 0.3) is 0 Å². The van der Waals surface area contributed by atoms with Crippen molar-refractivity contribution in [2.75, 3.05) is 11.9 Å². The number of alkyl halides is 6. The van der Waals surface area contributed by atoms with Gasteiger partial charge in [-0.1, -0.05) is 75.1 Å². The summed E-state index contributed by atoms with van der Waals surface area (Å²) in [4.78, 5) is 26.2. The molecule has 0 unspecified atom stereocenters. The molecule has 1 aromatic heterocycles. The predicted octanol–water partition coefficient (Wildman–Crippen LogP) is 10.6. The van der Waals surface area contributed by atoms with Crippen molar-refractivity contribution in [3.8, 4) is 0 Å². The number of rotatable bonds is 12. The number of nitrogens with zero attached hydrogens (tertiary/aromatic N) is 2. The number of carbonyl (C=O) groups excluding carboxylic acids is 1. The summed E-state index contributed by atoms with van der Waals surface area (Å²) >= 11 is 11.3. The number of benzene rings is 2. The summed E-state index contributed by atoms with van der Waals surface area (Å²) in [5.41, 5.74) is -1.13. The van der Waals surface area contributed by atoms with Crippen molar-refractivity contribution in [1.29, 1.82) is 0 Å². The lowest BCUT2D eigenvalue weighted by Gasteiger charge is -2.11. The highest BCUT2D eigenvalue weighted by atomic mass is 35.5. The molecule has 7 nitrogen and oxygen atoms in total. The van der Waals surface area contributed by atoms with Crippen molar-refractivity contribution in [2.45, 2.75) is 70.6 Å². The number of aliphatic imine (C=N–C) groups is 1. The van der Waals surface area contributed by atoms with E-state index in [2.05, 4.69) is 26.6 Å². The van der Waals surface area contributed by atoms with Crippen LogP contribution in [0.3, 0.4) is 0 Å². The van der Waals surface area contributed by atoms with E-state index in [0.29, 0.717) is 11.8 Å². The number of carboxylic acid groups (broad SMARTS) is 1. The van der Waals surface area contributed by atoms with Crippen LogP contribution in [0.2, 0.25) is 10.0 Å². The zero-order chi connectivity index (χ0) is 33.2. The van der Waals surface area contributed by atoms with Crippen molar-refractivity contribution in [1.82, 2.24) is 4.98 Å². The Morgan fingerprint density at radius 3 is 1.89 bits per heavy atom. The maximum absolute atomic E-state index is 12.5. The monoisotopic (exact) mass is 669 g/mol. The number of unbranched alkanes of at least 4 members (excludes halogenated alkanes) is 7. The molecule has 0 aliphatic rings. The smallest absolute Gasteiger partial charge is 0.416 e. The molecule has 2 N–H and O–H groups in total. The highest BCUT2D eigenvalue weighted by molar-refractivity contribution is 6.33. The molecule has 0 atom stereocenters. The fourth-order valence-corrected chi connectivity index (χ4v) is 3.93. The Balaban J connectivity index is 0.000000372. The molecule has 15 heteroatoms. The molecule has 1 heterocycles. The molecule has 0 saturated carbocycles. The number of oxazole rings is 1. The van der Waals surface area contributed by atoms with Gasteiger partial charge in [-0.3, -0.25) is 0 Å². The van der Waals surface area contributed by atoms with Gasteiger partial charge in [-0.25, -0.2) is 14.6 Å². The Bertz CT molecular complexity index is 1330. The topological polar surface area (TPSA) is 105 Å². The van der Waals surface area contributed by atoms with E-state index < -0.39 is 29.4 Å². The van der Waals surface area contributed by atoms with Crippen molar-refractivity contribution < 1.29 is 45.5 Å². The first-order valence-corrected chi connectivity index (χ1v) is 14.1. The van der Waals surface area contributed by atoms with Crippen LogP contribution in [0.15, 0.2) is 58.5 Å². The van der Waals surface area contributed by atoms with E-state index in [0.717, 1.165) is 56.3 Å². The molecular weight excluding hydrogens is 639 g/mol. The van der Waals surface area contributed by atoms with Gasteiger partial charge in [0.1, 0.15) is 6.26 Å². The van der Waals surface area contributed by atoms with E-state index in [4.69, 9.17) is 28.3 Å². The molecule has 3 rings (SSSR count). The number of hydrogen-bond acceptors (Lipinski definition) is 6. The molecule has 0 amide bonds. The fourth-order valence-electron chi connectivity index (χ4n) is 3.46.